The predicted octanol–water partition coefficient (Wildman–Crippen LogP) is 2.32. The summed E-state index contributed by atoms with van der Waals surface area (Å²) in [6.45, 7) is 3.52. The number of halogens is 1. The van der Waals surface area contributed by atoms with Crippen molar-refractivity contribution in [2.24, 2.45) is 0 Å². The lowest BCUT2D eigenvalue weighted by atomic mass is 10.1. The first-order valence-corrected chi connectivity index (χ1v) is 12.0. The van der Waals surface area contributed by atoms with E-state index in [1.165, 1.54) is 11.3 Å². The molecular formula is C22H23BrN4O4S. The second-order valence-corrected chi connectivity index (χ2v) is 10.3. The van der Waals surface area contributed by atoms with Gasteiger partial charge in [0.2, 0.25) is 11.8 Å². The van der Waals surface area contributed by atoms with Gasteiger partial charge in [-0.2, -0.15) is 0 Å². The highest BCUT2D eigenvalue weighted by atomic mass is 79.9. The van der Waals surface area contributed by atoms with Crippen molar-refractivity contribution in [2.75, 3.05) is 31.1 Å². The van der Waals surface area contributed by atoms with Gasteiger partial charge in [0.15, 0.2) is 0 Å². The number of rotatable bonds is 4. The molecule has 2 fully saturated rings. The molecule has 1 aromatic heterocycles. The summed E-state index contributed by atoms with van der Waals surface area (Å²) in [6.07, 6.45) is 0.521. The van der Waals surface area contributed by atoms with E-state index in [4.69, 9.17) is 0 Å². The maximum Gasteiger partial charge on any atom is 0.261 e. The number of nitrogens with zero attached hydrogens (tertiary/aromatic N) is 2. The zero-order valence-corrected chi connectivity index (χ0v) is 19.9. The van der Waals surface area contributed by atoms with Crippen LogP contribution in [0, 0.1) is 6.92 Å². The average Bonchev–Trinajstić information content (AvgIpc) is 3.28. The third-order valence-electron chi connectivity index (χ3n) is 5.61. The van der Waals surface area contributed by atoms with E-state index in [2.05, 4.69) is 26.6 Å². The van der Waals surface area contributed by atoms with Crippen molar-refractivity contribution in [3.8, 4) is 0 Å². The van der Waals surface area contributed by atoms with Gasteiger partial charge in [0.05, 0.1) is 14.7 Å². The van der Waals surface area contributed by atoms with Gasteiger partial charge < -0.3 is 20.4 Å². The molecule has 4 amide bonds. The van der Waals surface area contributed by atoms with Crippen LogP contribution >= 0.6 is 27.3 Å². The van der Waals surface area contributed by atoms with E-state index in [0.29, 0.717) is 48.7 Å². The Morgan fingerprint density at radius 2 is 2.00 bits per heavy atom. The number of nitrogens with one attached hydrogen (secondary N) is 2. The van der Waals surface area contributed by atoms with Crippen molar-refractivity contribution >= 4 is 56.6 Å². The van der Waals surface area contributed by atoms with Crippen molar-refractivity contribution in [1.82, 2.24) is 15.5 Å². The van der Waals surface area contributed by atoms with Crippen molar-refractivity contribution in [3.63, 3.8) is 0 Å². The second kappa shape index (κ2) is 9.41. The van der Waals surface area contributed by atoms with E-state index in [1.54, 1.807) is 28.0 Å². The van der Waals surface area contributed by atoms with Gasteiger partial charge in [-0.15, -0.1) is 11.3 Å². The van der Waals surface area contributed by atoms with E-state index in [9.17, 15) is 19.2 Å². The molecule has 2 aromatic rings. The first-order chi connectivity index (χ1) is 15.3. The van der Waals surface area contributed by atoms with Crippen LogP contribution in [0.25, 0.3) is 0 Å². The van der Waals surface area contributed by atoms with Crippen molar-refractivity contribution < 1.29 is 19.2 Å². The molecule has 0 bridgehead atoms. The number of hydrogen-bond donors (Lipinski definition) is 2. The minimum Gasteiger partial charge on any atom is -0.354 e. The van der Waals surface area contributed by atoms with E-state index in [1.807, 2.05) is 19.1 Å². The first kappa shape index (κ1) is 22.5. The summed E-state index contributed by atoms with van der Waals surface area (Å²) in [5.74, 6) is -0.431. The summed E-state index contributed by atoms with van der Waals surface area (Å²) >= 11 is 4.69. The summed E-state index contributed by atoms with van der Waals surface area (Å²) in [4.78, 5) is 53.4. The minimum absolute atomic E-state index is 0.0479. The van der Waals surface area contributed by atoms with Crippen molar-refractivity contribution in [2.45, 2.75) is 25.8 Å². The Morgan fingerprint density at radius 1 is 1.19 bits per heavy atom. The topological polar surface area (TPSA) is 98.8 Å². The highest BCUT2D eigenvalue weighted by Gasteiger charge is 2.32. The molecule has 1 atom stereocenters. The molecule has 168 valence electrons. The molecule has 32 heavy (non-hydrogen) atoms. The number of amides is 4. The monoisotopic (exact) mass is 518 g/mol. The smallest absolute Gasteiger partial charge is 0.261 e. The van der Waals surface area contributed by atoms with Crippen molar-refractivity contribution in [1.29, 1.82) is 0 Å². The number of benzene rings is 1. The minimum atomic E-state index is -0.278. The molecule has 0 saturated carbocycles. The van der Waals surface area contributed by atoms with E-state index in [0.717, 1.165) is 9.35 Å². The van der Waals surface area contributed by atoms with E-state index < -0.39 is 0 Å². The summed E-state index contributed by atoms with van der Waals surface area (Å²) in [7, 11) is 0. The number of carbonyl (C=O) groups excluding carboxylic acids is 4. The van der Waals surface area contributed by atoms with Crippen LogP contribution in [0.4, 0.5) is 5.69 Å². The Balaban J connectivity index is 1.43. The van der Waals surface area contributed by atoms with Gasteiger partial charge in [-0.3, -0.25) is 19.2 Å². The lowest BCUT2D eigenvalue weighted by Gasteiger charge is -2.22. The fraction of sp³-hybridized carbons (Fsp3) is 0.364. The fourth-order valence-electron chi connectivity index (χ4n) is 3.94. The molecule has 10 heteroatoms. The Labute approximate surface area is 198 Å². The predicted molar refractivity (Wildman–Crippen MR) is 125 cm³/mol. The van der Waals surface area contributed by atoms with Crippen LogP contribution in [0.2, 0.25) is 0 Å². The molecule has 0 aliphatic carbocycles. The average molecular weight is 519 g/mol. The molecular weight excluding hydrogens is 496 g/mol. The summed E-state index contributed by atoms with van der Waals surface area (Å²) in [5, 5.41) is 5.70. The molecule has 3 heterocycles. The summed E-state index contributed by atoms with van der Waals surface area (Å²) in [5.41, 5.74) is 2.02. The first-order valence-electron chi connectivity index (χ1n) is 10.3. The highest BCUT2D eigenvalue weighted by Crippen LogP contribution is 2.26. The van der Waals surface area contributed by atoms with Gasteiger partial charge in [0, 0.05) is 50.3 Å². The summed E-state index contributed by atoms with van der Waals surface area (Å²) in [6, 6.07) is 8.60. The normalized spacial score (nSPS) is 19.0. The zero-order valence-electron chi connectivity index (χ0n) is 17.5. The standard InChI is InChI=1S/C22H23BrN4O4S/c1-13-10-15(2-3-16(13)22(31)26-8-6-19(28)24-7-9-26)27-12-14(11-20(27)29)25-21(30)17-4-5-18(23)32-17/h2-5,10,14H,6-9,11-12H2,1H3,(H,24,28)(H,25,30). The maximum absolute atomic E-state index is 12.9. The summed E-state index contributed by atoms with van der Waals surface area (Å²) < 4.78 is 0.875. The molecule has 2 N–H and O–H groups in total. The van der Waals surface area contributed by atoms with Crippen LogP contribution < -0.4 is 15.5 Å². The third-order valence-corrected chi connectivity index (χ3v) is 7.23. The second-order valence-electron chi connectivity index (χ2n) is 7.87. The molecule has 0 spiro atoms. The van der Waals surface area contributed by atoms with Gasteiger partial charge in [0.1, 0.15) is 0 Å². The van der Waals surface area contributed by atoms with Crippen molar-refractivity contribution in [3.05, 3.63) is 50.1 Å². The molecule has 2 aliphatic heterocycles. The Kier molecular flexibility index (Phi) is 6.61. The van der Waals surface area contributed by atoms with Crippen LogP contribution in [0.5, 0.6) is 0 Å². The maximum atomic E-state index is 12.9. The van der Waals surface area contributed by atoms with Gasteiger partial charge >= 0.3 is 0 Å². The lowest BCUT2D eigenvalue weighted by molar-refractivity contribution is -0.120. The molecule has 4 rings (SSSR count). The van der Waals surface area contributed by atoms with Crippen LogP contribution in [0.1, 0.15) is 38.4 Å². The Bertz CT molecular complexity index is 1090. The number of anilines is 1. The molecule has 2 aliphatic rings. The van der Waals surface area contributed by atoms with Crippen LogP contribution in [-0.2, 0) is 9.59 Å². The zero-order chi connectivity index (χ0) is 22.8. The van der Waals surface area contributed by atoms with E-state index >= 15 is 0 Å². The number of carbonyl (C=O) groups is 4. The van der Waals surface area contributed by atoms with Crippen LogP contribution in [0.15, 0.2) is 34.1 Å². The van der Waals surface area contributed by atoms with Crippen LogP contribution in [0.3, 0.4) is 0 Å². The van der Waals surface area contributed by atoms with Gasteiger partial charge in [0.25, 0.3) is 11.8 Å². The Morgan fingerprint density at radius 3 is 2.72 bits per heavy atom. The van der Waals surface area contributed by atoms with Crippen LogP contribution in [-0.4, -0.2) is 60.7 Å². The largest absolute Gasteiger partial charge is 0.354 e. The lowest BCUT2D eigenvalue weighted by Crippen LogP contribution is -2.37. The Hall–Kier alpha value is -2.72. The SMILES string of the molecule is Cc1cc(N2CC(NC(=O)c3ccc(Br)s3)CC2=O)ccc1C(=O)N1CCNC(=O)CC1. The number of aryl methyl sites for hydroxylation is 1. The van der Waals surface area contributed by atoms with Gasteiger partial charge in [-0.05, 0) is 58.7 Å². The number of hydrogen-bond acceptors (Lipinski definition) is 5. The quantitative estimate of drug-likeness (QED) is 0.648. The fourth-order valence-corrected chi connectivity index (χ4v) is 5.23. The molecule has 2 saturated heterocycles. The molecule has 1 aromatic carbocycles. The molecule has 1 unspecified atom stereocenters. The number of thiophene rings is 1. The van der Waals surface area contributed by atoms with Gasteiger partial charge in [-0.1, -0.05) is 0 Å². The molecule has 0 radical (unpaired) electrons. The van der Waals surface area contributed by atoms with Gasteiger partial charge in [-0.25, -0.2) is 0 Å². The third kappa shape index (κ3) is 4.86. The van der Waals surface area contributed by atoms with E-state index in [-0.39, 0.29) is 36.1 Å². The highest BCUT2D eigenvalue weighted by molar-refractivity contribution is 9.11. The molecule has 8 nitrogen and oxygen atoms in total.